The third kappa shape index (κ3) is 8.23. The molecule has 0 aliphatic heterocycles. The second kappa shape index (κ2) is 12.1. The van der Waals surface area contributed by atoms with Crippen molar-refractivity contribution in [3.8, 4) is 0 Å². The highest BCUT2D eigenvalue weighted by Gasteiger charge is 2.15. The van der Waals surface area contributed by atoms with Gasteiger partial charge in [-0.2, -0.15) is 0 Å². The molecule has 0 unspecified atom stereocenters. The molecule has 0 bridgehead atoms. The maximum absolute atomic E-state index is 11.7. The van der Waals surface area contributed by atoms with Crippen LogP contribution in [0.2, 0.25) is 0 Å². The van der Waals surface area contributed by atoms with Gasteiger partial charge in [-0.3, -0.25) is 4.72 Å². The van der Waals surface area contributed by atoms with Crippen LogP contribution >= 0.6 is 11.6 Å². The van der Waals surface area contributed by atoms with E-state index >= 15 is 0 Å². The molecule has 1 aromatic heterocycles. The number of halogens is 1. The molecule has 9 nitrogen and oxygen atoms in total. The predicted molar refractivity (Wildman–Crippen MR) is 141 cm³/mol. The molecule has 0 amide bonds. The van der Waals surface area contributed by atoms with Crippen molar-refractivity contribution >= 4 is 52.5 Å². The van der Waals surface area contributed by atoms with E-state index in [0.29, 0.717) is 52.3 Å². The summed E-state index contributed by atoms with van der Waals surface area (Å²) in [4.78, 5) is 8.46. The van der Waals surface area contributed by atoms with Gasteiger partial charge in [-0.05, 0) is 36.8 Å². The van der Waals surface area contributed by atoms with Gasteiger partial charge in [0.1, 0.15) is 38.2 Å². The molecular formula is C23H24BClN6O3S. The van der Waals surface area contributed by atoms with Crippen LogP contribution in [0.25, 0.3) is 0 Å². The molecule has 0 atom stereocenters. The van der Waals surface area contributed by atoms with Crippen LogP contribution in [0, 0.1) is 0 Å². The van der Waals surface area contributed by atoms with E-state index in [2.05, 4.69) is 31.9 Å². The minimum atomic E-state index is -3.60. The molecule has 2 aromatic rings. The summed E-state index contributed by atoms with van der Waals surface area (Å²) in [5, 5.41) is 7.69. The fraction of sp³-hybridized carbons (Fsp3) is 0.130. The summed E-state index contributed by atoms with van der Waals surface area (Å²) < 4.78 is 31.5. The van der Waals surface area contributed by atoms with Gasteiger partial charge in [-0.1, -0.05) is 30.3 Å². The third-order valence-electron chi connectivity index (χ3n) is 4.59. The highest BCUT2D eigenvalue weighted by atomic mass is 35.5. The Morgan fingerprint density at radius 1 is 1.20 bits per heavy atom. The summed E-state index contributed by atoms with van der Waals surface area (Å²) in [6, 6.07) is 8.49. The van der Waals surface area contributed by atoms with E-state index in [1.807, 2.05) is 0 Å². The zero-order valence-electron chi connectivity index (χ0n) is 18.7. The molecule has 0 fully saturated rings. The second-order valence-corrected chi connectivity index (χ2v) is 9.32. The van der Waals surface area contributed by atoms with Crippen LogP contribution in [0.1, 0.15) is 12.8 Å². The largest absolute Gasteiger partial charge is 0.490 e. The quantitative estimate of drug-likeness (QED) is 0.261. The average Bonchev–Trinajstić information content (AvgIpc) is 2.82. The van der Waals surface area contributed by atoms with E-state index in [4.69, 9.17) is 29.9 Å². The SMILES string of the molecule is [B]/C=C\C=C(/N)COC1=C(Cl)C=C(Nc2cc(Nc3cccc(NS(=O)(=O)C=C)c3)ncn2)CC1. The van der Waals surface area contributed by atoms with Crippen LogP contribution in [-0.4, -0.2) is 32.8 Å². The van der Waals surface area contributed by atoms with Crippen molar-refractivity contribution in [3.05, 3.63) is 95.0 Å². The molecule has 12 heteroatoms. The van der Waals surface area contributed by atoms with Crippen molar-refractivity contribution in [2.24, 2.45) is 5.73 Å². The molecule has 1 aromatic carbocycles. The van der Waals surface area contributed by atoms with Crippen molar-refractivity contribution in [2.45, 2.75) is 12.8 Å². The van der Waals surface area contributed by atoms with Crippen LogP contribution in [0.3, 0.4) is 0 Å². The third-order valence-corrected chi connectivity index (χ3v) is 5.87. The second-order valence-electron chi connectivity index (χ2n) is 7.29. The molecule has 3 rings (SSSR count). The van der Waals surface area contributed by atoms with Crippen LogP contribution in [-0.2, 0) is 14.8 Å². The van der Waals surface area contributed by atoms with Crippen LogP contribution < -0.4 is 21.1 Å². The highest BCUT2D eigenvalue weighted by Crippen LogP contribution is 2.28. The van der Waals surface area contributed by atoms with Crippen molar-refractivity contribution in [2.75, 3.05) is 22.0 Å². The molecule has 0 saturated heterocycles. The summed E-state index contributed by atoms with van der Waals surface area (Å²) in [5.74, 6) is 3.12. The fourth-order valence-corrected chi connectivity index (χ4v) is 3.80. The number of nitrogens with one attached hydrogen (secondary N) is 3. The molecule has 35 heavy (non-hydrogen) atoms. The minimum Gasteiger partial charge on any atom is -0.490 e. The van der Waals surface area contributed by atoms with Gasteiger partial charge in [0.05, 0.1) is 10.7 Å². The number of ether oxygens (including phenoxy) is 1. The van der Waals surface area contributed by atoms with Crippen molar-refractivity contribution < 1.29 is 13.2 Å². The smallest absolute Gasteiger partial charge is 0.254 e. The fourth-order valence-electron chi connectivity index (χ4n) is 2.98. The van der Waals surface area contributed by atoms with Gasteiger partial charge in [0, 0.05) is 35.0 Å². The Kier molecular flexibility index (Phi) is 8.99. The summed E-state index contributed by atoms with van der Waals surface area (Å²) in [6.07, 6.45) is 7.75. The molecule has 1 heterocycles. The average molecular weight is 511 g/mol. The minimum absolute atomic E-state index is 0.212. The van der Waals surface area contributed by atoms with Crippen molar-refractivity contribution in [3.63, 3.8) is 0 Å². The Morgan fingerprint density at radius 2 is 1.94 bits per heavy atom. The summed E-state index contributed by atoms with van der Waals surface area (Å²) in [7, 11) is 1.69. The topological polar surface area (TPSA) is 131 Å². The Bertz CT molecular complexity index is 1310. The first-order valence-electron chi connectivity index (χ1n) is 10.4. The van der Waals surface area contributed by atoms with Gasteiger partial charge in [-0.25, -0.2) is 18.4 Å². The van der Waals surface area contributed by atoms with Crippen LogP contribution in [0.15, 0.2) is 95.0 Å². The lowest BCUT2D eigenvalue weighted by molar-refractivity contribution is 0.225. The lowest BCUT2D eigenvalue weighted by Crippen LogP contribution is -2.11. The monoisotopic (exact) mass is 510 g/mol. The normalized spacial score (nSPS) is 14.4. The molecule has 0 saturated carbocycles. The van der Waals surface area contributed by atoms with Gasteiger partial charge in [0.15, 0.2) is 0 Å². The van der Waals surface area contributed by atoms with Gasteiger partial charge in [-0.15, -0.1) is 5.98 Å². The maximum atomic E-state index is 11.7. The number of nitrogens with two attached hydrogens (primary N) is 1. The zero-order valence-corrected chi connectivity index (χ0v) is 20.3. The lowest BCUT2D eigenvalue weighted by atomic mass is 10.1. The van der Waals surface area contributed by atoms with Crippen molar-refractivity contribution in [1.82, 2.24) is 9.97 Å². The number of anilines is 4. The van der Waals surface area contributed by atoms with E-state index in [-0.39, 0.29) is 6.61 Å². The van der Waals surface area contributed by atoms with E-state index < -0.39 is 10.0 Å². The molecule has 1 aliphatic rings. The van der Waals surface area contributed by atoms with Crippen molar-refractivity contribution in [1.29, 1.82) is 0 Å². The van der Waals surface area contributed by atoms with E-state index in [1.54, 1.807) is 48.6 Å². The number of rotatable bonds is 11. The Labute approximate surface area is 211 Å². The van der Waals surface area contributed by atoms with Gasteiger partial charge in [0.2, 0.25) is 0 Å². The first-order valence-corrected chi connectivity index (χ1v) is 12.4. The van der Waals surface area contributed by atoms with Gasteiger partial charge < -0.3 is 21.1 Å². The van der Waals surface area contributed by atoms with Gasteiger partial charge >= 0.3 is 0 Å². The lowest BCUT2D eigenvalue weighted by Gasteiger charge is -2.19. The molecule has 5 N–H and O–H groups in total. The van der Waals surface area contributed by atoms with E-state index in [0.717, 1.165) is 11.1 Å². The number of allylic oxidation sites excluding steroid dienone is 6. The summed E-state index contributed by atoms with van der Waals surface area (Å²) >= 11 is 6.39. The first kappa shape index (κ1) is 25.9. The number of aromatic nitrogens is 2. The molecule has 180 valence electrons. The number of sulfonamides is 1. The van der Waals surface area contributed by atoms with E-state index in [9.17, 15) is 8.42 Å². The summed E-state index contributed by atoms with van der Waals surface area (Å²) in [5.41, 5.74) is 8.27. The number of nitrogens with zero attached hydrogens (tertiary/aromatic N) is 2. The van der Waals surface area contributed by atoms with Crippen LogP contribution in [0.4, 0.5) is 23.0 Å². The zero-order chi connectivity index (χ0) is 25.3. The molecule has 2 radical (unpaired) electrons. The van der Waals surface area contributed by atoms with Gasteiger partial charge in [0.25, 0.3) is 10.0 Å². The Hall–Kier alpha value is -3.70. The molecular weight excluding hydrogens is 487 g/mol. The summed E-state index contributed by atoms with van der Waals surface area (Å²) in [6.45, 7) is 3.50. The predicted octanol–water partition coefficient (Wildman–Crippen LogP) is 4.19. The number of hydrogen-bond acceptors (Lipinski definition) is 8. The van der Waals surface area contributed by atoms with E-state index in [1.165, 1.54) is 12.3 Å². The Balaban J connectivity index is 1.65. The Morgan fingerprint density at radius 3 is 2.66 bits per heavy atom. The molecule has 1 aliphatic carbocycles. The first-order chi connectivity index (χ1) is 16.8. The molecule has 0 spiro atoms. The van der Waals surface area contributed by atoms with Crippen LogP contribution in [0.5, 0.6) is 0 Å². The number of benzene rings is 1. The standard InChI is InChI=1S/C23H24BClN6O3S/c1-2-35(32,33)31-19-7-3-6-17(11-19)29-22-13-23(28-15-27-22)30-18-8-9-21(20(25)12-18)34-14-16(26)5-4-10-24/h2-7,10-13,15,31H,1,8-9,14,26H2,(H2,27,28,29,30)/b10-4-,16-5-. The maximum Gasteiger partial charge on any atom is 0.254 e. The highest BCUT2D eigenvalue weighted by molar-refractivity contribution is 7.95. The number of hydrogen-bond donors (Lipinski definition) is 4.